The van der Waals surface area contributed by atoms with Crippen molar-refractivity contribution in [1.29, 1.82) is 0 Å². The zero-order valence-electron chi connectivity index (χ0n) is 12.7. The number of esters is 1. The molecule has 0 saturated carbocycles. The van der Waals surface area contributed by atoms with E-state index >= 15 is 0 Å². The molecule has 2 rings (SSSR count). The van der Waals surface area contributed by atoms with Crippen LogP contribution in [-0.4, -0.2) is 59.8 Å². The predicted molar refractivity (Wildman–Crippen MR) is 87.4 cm³/mol. The molecule has 0 fully saturated rings. The van der Waals surface area contributed by atoms with E-state index < -0.39 is 17.8 Å². The van der Waals surface area contributed by atoms with Gasteiger partial charge in [0.1, 0.15) is 5.70 Å². The Balaban J connectivity index is 2.44. The molecule has 1 aromatic carbocycles. The lowest BCUT2D eigenvalue weighted by Gasteiger charge is -2.15. The number of aliphatic hydroxyl groups is 1. The molecule has 9 heteroatoms. The Bertz CT molecular complexity index is 731. The normalized spacial score (nSPS) is 14.1. The van der Waals surface area contributed by atoms with Crippen LogP contribution in [-0.2, 0) is 14.3 Å². The first-order valence-corrected chi connectivity index (χ1v) is 7.69. The summed E-state index contributed by atoms with van der Waals surface area (Å²) in [5.41, 5.74) is 0.124. The van der Waals surface area contributed by atoms with Crippen molar-refractivity contribution in [3.05, 3.63) is 39.5 Å². The van der Waals surface area contributed by atoms with Crippen LogP contribution < -0.4 is 5.32 Å². The molecule has 128 valence electrons. The highest BCUT2D eigenvalue weighted by atomic mass is 79.9. The van der Waals surface area contributed by atoms with Crippen LogP contribution in [0.2, 0.25) is 0 Å². The van der Waals surface area contributed by atoms with Gasteiger partial charge in [0.2, 0.25) is 0 Å². The van der Waals surface area contributed by atoms with Gasteiger partial charge in [-0.25, -0.2) is 9.59 Å². The number of carboxylic acid groups (broad SMARTS) is 1. The molecule has 1 aliphatic rings. The third-order valence-electron chi connectivity index (χ3n) is 3.43. The van der Waals surface area contributed by atoms with Crippen LogP contribution in [0.3, 0.4) is 0 Å². The number of nitrogens with zero attached hydrogens (tertiary/aromatic N) is 1. The maximum absolute atomic E-state index is 12.4. The maximum Gasteiger partial charge on any atom is 0.337 e. The van der Waals surface area contributed by atoms with Crippen LogP contribution in [0, 0.1) is 0 Å². The van der Waals surface area contributed by atoms with Crippen LogP contribution in [0.4, 0.5) is 5.69 Å². The van der Waals surface area contributed by atoms with E-state index in [2.05, 4.69) is 26.0 Å². The Morgan fingerprint density at radius 3 is 2.71 bits per heavy atom. The first-order valence-electron chi connectivity index (χ1n) is 6.90. The summed E-state index contributed by atoms with van der Waals surface area (Å²) < 4.78 is 5.28. The number of aliphatic hydroxyl groups excluding tert-OH is 1. The molecular weight excluding hydrogens is 384 g/mol. The molecule has 1 amide bonds. The van der Waals surface area contributed by atoms with Gasteiger partial charge in [0, 0.05) is 11.0 Å². The number of amides is 1. The second kappa shape index (κ2) is 7.45. The summed E-state index contributed by atoms with van der Waals surface area (Å²) in [5, 5.41) is 21.0. The average Bonchev–Trinajstić information content (AvgIpc) is 2.84. The fourth-order valence-corrected chi connectivity index (χ4v) is 2.65. The topological polar surface area (TPSA) is 116 Å². The molecule has 0 unspecified atom stereocenters. The number of ether oxygens (including phenoxy) is 1. The Hall–Kier alpha value is -2.39. The fraction of sp³-hybridized carbons (Fsp3) is 0.267. The number of carbonyl (C=O) groups is 3. The SMILES string of the molecule is COC(=O)C1=C(Nc2cc(Br)ccc2C(=O)O)C(=O)N(CCO)C1. The summed E-state index contributed by atoms with van der Waals surface area (Å²) in [4.78, 5) is 36.9. The molecule has 0 saturated heterocycles. The van der Waals surface area contributed by atoms with Crippen molar-refractivity contribution in [2.24, 2.45) is 0 Å². The molecule has 3 N–H and O–H groups in total. The number of methoxy groups -OCH3 is 1. The third kappa shape index (κ3) is 3.57. The molecule has 1 aromatic rings. The molecule has 1 heterocycles. The molecular formula is C15H15BrN2O6. The van der Waals surface area contributed by atoms with E-state index in [0.29, 0.717) is 4.47 Å². The van der Waals surface area contributed by atoms with Gasteiger partial charge in [-0.15, -0.1) is 0 Å². The summed E-state index contributed by atoms with van der Waals surface area (Å²) in [6.45, 7) is -0.232. The van der Waals surface area contributed by atoms with Gasteiger partial charge in [0.05, 0.1) is 37.1 Å². The second-order valence-electron chi connectivity index (χ2n) is 4.92. The first-order chi connectivity index (χ1) is 11.4. The Kier molecular flexibility index (Phi) is 5.58. The fourth-order valence-electron chi connectivity index (χ4n) is 2.29. The number of hydrogen-bond donors (Lipinski definition) is 3. The Morgan fingerprint density at radius 1 is 1.42 bits per heavy atom. The standard InChI is InChI=1S/C15H15BrN2O6/c1-24-15(23)10-7-18(4-5-19)13(20)12(10)17-11-6-8(16)2-3-9(11)14(21)22/h2-3,6,17,19H,4-5,7H2,1H3,(H,21,22). The maximum atomic E-state index is 12.4. The Morgan fingerprint density at radius 2 is 2.12 bits per heavy atom. The number of carboxylic acids is 1. The van der Waals surface area contributed by atoms with E-state index in [1.54, 1.807) is 6.07 Å². The minimum atomic E-state index is -1.18. The highest BCUT2D eigenvalue weighted by Gasteiger charge is 2.35. The molecule has 0 spiro atoms. The van der Waals surface area contributed by atoms with E-state index in [1.807, 2.05) is 0 Å². The van der Waals surface area contributed by atoms with E-state index in [1.165, 1.54) is 24.1 Å². The zero-order chi connectivity index (χ0) is 17.9. The summed E-state index contributed by atoms with van der Waals surface area (Å²) in [5.74, 6) is -2.39. The largest absolute Gasteiger partial charge is 0.478 e. The smallest absolute Gasteiger partial charge is 0.337 e. The number of rotatable bonds is 6. The first kappa shape index (κ1) is 18.0. The predicted octanol–water partition coefficient (Wildman–Crippen LogP) is 0.821. The van der Waals surface area contributed by atoms with Crippen molar-refractivity contribution >= 4 is 39.5 Å². The van der Waals surface area contributed by atoms with Crippen LogP contribution >= 0.6 is 15.9 Å². The van der Waals surface area contributed by atoms with Gasteiger partial charge in [-0.05, 0) is 18.2 Å². The lowest BCUT2D eigenvalue weighted by atomic mass is 10.1. The van der Waals surface area contributed by atoms with E-state index in [4.69, 9.17) is 5.11 Å². The molecule has 1 aliphatic heterocycles. The molecule has 0 aromatic heterocycles. The Labute approximate surface area is 145 Å². The molecule has 0 aliphatic carbocycles. The van der Waals surface area contributed by atoms with E-state index in [9.17, 15) is 19.5 Å². The van der Waals surface area contributed by atoms with Gasteiger partial charge in [-0.2, -0.15) is 0 Å². The second-order valence-corrected chi connectivity index (χ2v) is 5.83. The highest BCUT2D eigenvalue weighted by molar-refractivity contribution is 9.10. The van der Waals surface area contributed by atoms with E-state index in [-0.39, 0.29) is 42.2 Å². The number of nitrogens with one attached hydrogen (secondary N) is 1. The molecule has 0 atom stereocenters. The lowest BCUT2D eigenvalue weighted by molar-refractivity contribution is -0.136. The van der Waals surface area contributed by atoms with Crippen LogP contribution in [0.1, 0.15) is 10.4 Å². The van der Waals surface area contributed by atoms with Gasteiger partial charge in [-0.3, -0.25) is 4.79 Å². The lowest BCUT2D eigenvalue weighted by Crippen LogP contribution is -2.31. The number of anilines is 1. The average molecular weight is 399 g/mol. The minimum Gasteiger partial charge on any atom is -0.478 e. The molecule has 0 radical (unpaired) electrons. The van der Waals surface area contributed by atoms with Crippen molar-refractivity contribution < 1.29 is 29.3 Å². The third-order valence-corrected chi connectivity index (χ3v) is 3.92. The summed E-state index contributed by atoms with van der Waals surface area (Å²) in [6, 6.07) is 4.42. The van der Waals surface area contributed by atoms with Gasteiger partial charge >= 0.3 is 11.9 Å². The van der Waals surface area contributed by atoms with Crippen LogP contribution in [0.5, 0.6) is 0 Å². The molecule has 8 nitrogen and oxygen atoms in total. The van der Waals surface area contributed by atoms with Gasteiger partial charge in [-0.1, -0.05) is 15.9 Å². The number of β-amino-alcohol motifs (C(OH)–C–C–N with tert-alkyl or cyclic N) is 1. The van der Waals surface area contributed by atoms with Crippen molar-refractivity contribution in [2.45, 2.75) is 0 Å². The quantitative estimate of drug-likeness (QED) is 0.607. The van der Waals surface area contributed by atoms with Crippen LogP contribution in [0.15, 0.2) is 33.9 Å². The number of benzene rings is 1. The van der Waals surface area contributed by atoms with E-state index in [0.717, 1.165) is 0 Å². The molecule has 24 heavy (non-hydrogen) atoms. The summed E-state index contributed by atoms with van der Waals surface area (Å²) in [6.07, 6.45) is 0. The van der Waals surface area contributed by atoms with Crippen molar-refractivity contribution in [2.75, 3.05) is 32.1 Å². The number of halogens is 1. The summed E-state index contributed by atoms with van der Waals surface area (Å²) >= 11 is 3.24. The minimum absolute atomic E-state index is 0.0230. The van der Waals surface area contributed by atoms with Crippen molar-refractivity contribution in [1.82, 2.24) is 4.90 Å². The number of aromatic carboxylic acids is 1. The number of carbonyl (C=O) groups excluding carboxylic acids is 2. The van der Waals surface area contributed by atoms with Crippen molar-refractivity contribution in [3.8, 4) is 0 Å². The van der Waals surface area contributed by atoms with Gasteiger partial charge < -0.3 is 25.2 Å². The zero-order valence-corrected chi connectivity index (χ0v) is 14.3. The van der Waals surface area contributed by atoms with Gasteiger partial charge in [0.25, 0.3) is 5.91 Å². The van der Waals surface area contributed by atoms with Crippen molar-refractivity contribution in [3.63, 3.8) is 0 Å². The van der Waals surface area contributed by atoms with Gasteiger partial charge in [0.15, 0.2) is 0 Å². The summed E-state index contributed by atoms with van der Waals surface area (Å²) in [7, 11) is 1.19. The number of hydrogen-bond acceptors (Lipinski definition) is 6. The molecule has 0 bridgehead atoms. The monoisotopic (exact) mass is 398 g/mol. The highest BCUT2D eigenvalue weighted by Crippen LogP contribution is 2.27. The van der Waals surface area contributed by atoms with Crippen LogP contribution in [0.25, 0.3) is 0 Å².